The molecule has 10 heteroatoms. The van der Waals surface area contributed by atoms with E-state index in [1.54, 1.807) is 31.4 Å². The van der Waals surface area contributed by atoms with Crippen LogP contribution in [0.3, 0.4) is 0 Å². The Morgan fingerprint density at radius 2 is 1.68 bits per heavy atom. The number of benzene rings is 1. The molecule has 0 aliphatic rings. The molecule has 0 saturated carbocycles. The van der Waals surface area contributed by atoms with Gasteiger partial charge >= 0.3 is 5.97 Å². The van der Waals surface area contributed by atoms with E-state index in [-0.39, 0.29) is 18.5 Å². The van der Waals surface area contributed by atoms with Gasteiger partial charge in [0, 0.05) is 32.2 Å². The second-order valence-electron chi connectivity index (χ2n) is 10.1. The minimum atomic E-state index is -2.23. The van der Waals surface area contributed by atoms with Gasteiger partial charge in [0.15, 0.2) is 5.60 Å². The number of methoxy groups -OCH3 is 1. The Hall–Kier alpha value is -2.85. The van der Waals surface area contributed by atoms with Crippen molar-refractivity contribution in [2.45, 2.75) is 73.1 Å². The molecular formula is C30H49F3N2O5. The van der Waals surface area contributed by atoms with Crippen LogP contribution in [0.1, 0.15) is 54.0 Å². The van der Waals surface area contributed by atoms with Crippen molar-refractivity contribution in [2.24, 2.45) is 11.8 Å². The van der Waals surface area contributed by atoms with Crippen molar-refractivity contribution in [3.05, 3.63) is 54.1 Å². The van der Waals surface area contributed by atoms with Gasteiger partial charge in [-0.05, 0) is 51.3 Å². The van der Waals surface area contributed by atoms with Gasteiger partial charge in [0.2, 0.25) is 12.3 Å². The number of hydrogen-bond acceptors (Lipinski definition) is 5. The number of hydrogen-bond donors (Lipinski definition) is 2. The molecule has 2 unspecified atom stereocenters. The maximum atomic E-state index is 12.1. The monoisotopic (exact) mass is 574 g/mol. The number of carboxylic acid groups (broad SMARTS) is 1. The lowest BCUT2D eigenvalue weighted by Crippen LogP contribution is -2.41. The number of alkyl halides is 3. The Kier molecular flexibility index (Phi) is 20.6. The van der Waals surface area contributed by atoms with Gasteiger partial charge in [0.05, 0.1) is 20.3 Å². The average molecular weight is 575 g/mol. The maximum Gasteiger partial charge on any atom is 0.347 e. The van der Waals surface area contributed by atoms with E-state index >= 15 is 0 Å². The maximum absolute atomic E-state index is 12.1. The number of ether oxygens (including phenoxy) is 2. The van der Waals surface area contributed by atoms with Crippen molar-refractivity contribution in [2.75, 3.05) is 34.0 Å². The van der Waals surface area contributed by atoms with Crippen LogP contribution >= 0.6 is 0 Å². The molecule has 0 aliphatic heterocycles. The van der Waals surface area contributed by atoms with Crippen LogP contribution < -0.4 is 10.1 Å². The predicted molar refractivity (Wildman–Crippen MR) is 155 cm³/mol. The van der Waals surface area contributed by atoms with Crippen molar-refractivity contribution in [3.8, 4) is 5.75 Å². The SMILES string of the molecule is C/C(=C\C(C)C(F)F)C(C)C.C=CC(C)NC(=O)CN(CCOC)Cc1ccc(OC(C)(C)C(=O)O)cc1.CF. The van der Waals surface area contributed by atoms with Gasteiger partial charge in [0.25, 0.3) is 0 Å². The fourth-order valence-electron chi connectivity index (χ4n) is 2.94. The first-order valence-corrected chi connectivity index (χ1v) is 13.1. The first-order chi connectivity index (χ1) is 18.6. The van der Waals surface area contributed by atoms with Crippen LogP contribution in [-0.4, -0.2) is 73.9 Å². The molecule has 2 N–H and O–H groups in total. The van der Waals surface area contributed by atoms with E-state index in [0.717, 1.165) is 11.1 Å². The normalized spacial score (nSPS) is 13.0. The molecule has 0 spiro atoms. The van der Waals surface area contributed by atoms with Crippen LogP contribution in [0, 0.1) is 11.8 Å². The Labute approximate surface area is 238 Å². The molecule has 1 aromatic rings. The third kappa shape index (κ3) is 17.7. The smallest absolute Gasteiger partial charge is 0.347 e. The summed E-state index contributed by atoms with van der Waals surface area (Å²) in [5.74, 6) is -0.875. The van der Waals surface area contributed by atoms with Crippen LogP contribution in [0.2, 0.25) is 0 Å². The molecule has 0 fully saturated rings. The summed E-state index contributed by atoms with van der Waals surface area (Å²) in [7, 11) is 2.12. The van der Waals surface area contributed by atoms with Crippen LogP contribution in [0.15, 0.2) is 48.6 Å². The van der Waals surface area contributed by atoms with E-state index in [2.05, 4.69) is 11.9 Å². The van der Waals surface area contributed by atoms with Crippen molar-refractivity contribution < 1.29 is 37.3 Å². The molecule has 0 saturated heterocycles. The first-order valence-electron chi connectivity index (χ1n) is 13.1. The molecule has 230 valence electrons. The van der Waals surface area contributed by atoms with Crippen molar-refractivity contribution in [1.29, 1.82) is 0 Å². The number of aliphatic carboxylic acids is 1. The third-order valence-electron chi connectivity index (χ3n) is 5.77. The van der Waals surface area contributed by atoms with E-state index in [4.69, 9.17) is 14.6 Å². The van der Waals surface area contributed by atoms with Gasteiger partial charge < -0.3 is 19.9 Å². The molecular weight excluding hydrogens is 525 g/mol. The van der Waals surface area contributed by atoms with Gasteiger partial charge in [-0.1, -0.05) is 50.6 Å². The van der Waals surface area contributed by atoms with Gasteiger partial charge in [0.1, 0.15) is 5.75 Å². The number of amides is 1. The summed E-state index contributed by atoms with van der Waals surface area (Å²) in [4.78, 5) is 25.3. The minimum absolute atomic E-state index is 0.0818. The minimum Gasteiger partial charge on any atom is -0.478 e. The highest BCUT2D eigenvalue weighted by molar-refractivity contribution is 5.78. The number of carbonyl (C=O) groups excluding carboxylic acids is 1. The van der Waals surface area contributed by atoms with E-state index in [9.17, 15) is 22.8 Å². The van der Waals surface area contributed by atoms with E-state index in [1.807, 2.05) is 44.7 Å². The Morgan fingerprint density at radius 1 is 1.12 bits per heavy atom. The number of halogens is 3. The van der Waals surface area contributed by atoms with Crippen LogP contribution in [0.4, 0.5) is 13.2 Å². The largest absolute Gasteiger partial charge is 0.478 e. The number of rotatable bonds is 15. The van der Waals surface area contributed by atoms with Crippen molar-refractivity contribution in [3.63, 3.8) is 0 Å². The Morgan fingerprint density at radius 3 is 2.10 bits per heavy atom. The highest BCUT2D eigenvalue weighted by Crippen LogP contribution is 2.20. The molecule has 1 amide bonds. The number of nitrogens with one attached hydrogen (secondary N) is 1. The van der Waals surface area contributed by atoms with Crippen molar-refractivity contribution in [1.82, 2.24) is 10.2 Å². The number of carbonyl (C=O) groups is 2. The molecule has 0 radical (unpaired) electrons. The third-order valence-corrected chi connectivity index (χ3v) is 5.77. The summed E-state index contributed by atoms with van der Waals surface area (Å²) in [6, 6.07) is 7.09. The lowest BCUT2D eigenvalue weighted by atomic mass is 10.0. The number of carboxylic acids is 1. The van der Waals surface area contributed by atoms with Gasteiger partial charge in [-0.25, -0.2) is 13.6 Å². The van der Waals surface area contributed by atoms with Crippen LogP contribution in [-0.2, 0) is 20.9 Å². The summed E-state index contributed by atoms with van der Waals surface area (Å²) in [5, 5.41) is 12.0. The van der Waals surface area contributed by atoms with Gasteiger partial charge in [-0.3, -0.25) is 14.1 Å². The first kappa shape index (κ1) is 39.3. The summed E-state index contributed by atoms with van der Waals surface area (Å²) < 4.78 is 44.1. The zero-order chi connectivity index (χ0) is 31.5. The summed E-state index contributed by atoms with van der Waals surface area (Å²) in [6.45, 7) is 17.9. The molecule has 0 heterocycles. The lowest BCUT2D eigenvalue weighted by Gasteiger charge is -2.23. The standard InChI is InChI=1S/C20H30N2O5.C9H16F2.CH3F/c1-6-15(2)21-18(23)14-22(11-12-26-5)13-16-7-9-17(10-8-16)27-20(3,4)19(24)25;1-6(2)7(3)5-8(4)9(10)11;1-2/h6-10,15H,1,11-14H2,2-5H3,(H,21,23)(H,24,25);5-6,8-9H,1-4H3;1H3/b;7-5+;. The van der Waals surface area contributed by atoms with E-state index < -0.39 is 23.9 Å². The molecule has 40 heavy (non-hydrogen) atoms. The molecule has 1 rings (SSSR count). The summed E-state index contributed by atoms with van der Waals surface area (Å²) in [6.07, 6.45) is 1.09. The molecule has 2 atom stereocenters. The zero-order valence-corrected chi connectivity index (χ0v) is 25.5. The zero-order valence-electron chi connectivity index (χ0n) is 25.5. The fraction of sp³-hybridized carbons (Fsp3) is 0.600. The molecule has 0 aromatic heterocycles. The quantitative estimate of drug-likeness (QED) is 0.245. The summed E-state index contributed by atoms with van der Waals surface area (Å²) in [5.41, 5.74) is 0.723. The fourth-order valence-corrected chi connectivity index (χ4v) is 2.94. The number of allylic oxidation sites excluding steroid dienone is 2. The van der Waals surface area contributed by atoms with Gasteiger partial charge in [-0.2, -0.15) is 0 Å². The topological polar surface area (TPSA) is 88.1 Å². The van der Waals surface area contributed by atoms with Gasteiger partial charge in [-0.15, -0.1) is 6.58 Å². The second kappa shape index (κ2) is 21.0. The molecule has 1 aromatic carbocycles. The number of nitrogens with zero attached hydrogens (tertiary/aromatic N) is 1. The average Bonchev–Trinajstić information content (AvgIpc) is 2.89. The molecule has 0 bridgehead atoms. The van der Waals surface area contributed by atoms with E-state index in [0.29, 0.717) is 38.5 Å². The Balaban J connectivity index is 0. The Bertz CT molecular complexity index is 890. The van der Waals surface area contributed by atoms with Crippen LogP contribution in [0.25, 0.3) is 0 Å². The summed E-state index contributed by atoms with van der Waals surface area (Å²) >= 11 is 0. The predicted octanol–water partition coefficient (Wildman–Crippen LogP) is 6.14. The second-order valence-corrected chi connectivity index (χ2v) is 10.1. The van der Waals surface area contributed by atoms with E-state index in [1.165, 1.54) is 20.8 Å². The lowest BCUT2D eigenvalue weighted by molar-refractivity contribution is -0.152. The van der Waals surface area contributed by atoms with Crippen molar-refractivity contribution >= 4 is 11.9 Å². The molecule has 7 nitrogen and oxygen atoms in total. The molecule has 0 aliphatic carbocycles. The highest BCUT2D eigenvalue weighted by atomic mass is 19.3. The highest BCUT2D eigenvalue weighted by Gasteiger charge is 2.29. The van der Waals surface area contributed by atoms with Crippen LogP contribution in [0.5, 0.6) is 5.75 Å².